The number of rotatable bonds is 10. The first kappa shape index (κ1) is 27.8. The Bertz CT molecular complexity index is 1220. The van der Waals surface area contributed by atoms with E-state index >= 15 is 0 Å². The number of carbonyl (C=O) groups excluding carboxylic acids is 1. The molecule has 0 unspecified atom stereocenters. The van der Waals surface area contributed by atoms with Crippen LogP contribution in [0.25, 0.3) is 0 Å². The number of nitrogens with zero attached hydrogens (tertiary/aromatic N) is 1. The molecule has 0 aliphatic carbocycles. The Hall–Kier alpha value is -2.80. The zero-order chi connectivity index (χ0) is 26.6. The summed E-state index contributed by atoms with van der Waals surface area (Å²) in [6.45, 7) is 5.82. The van der Waals surface area contributed by atoms with Gasteiger partial charge in [-0.05, 0) is 39.8 Å². The van der Waals surface area contributed by atoms with Crippen LogP contribution in [0.1, 0.15) is 32.6 Å². The van der Waals surface area contributed by atoms with Gasteiger partial charge in [0.15, 0.2) is 6.23 Å². The monoisotopic (exact) mass is 526 g/mol. The first-order valence-electron chi connectivity index (χ1n) is 11.3. The van der Waals surface area contributed by atoms with E-state index in [1.807, 2.05) is 0 Å². The molecule has 1 saturated heterocycles. The van der Waals surface area contributed by atoms with Gasteiger partial charge < -0.3 is 24.8 Å². The third kappa shape index (κ3) is 6.69. The maximum absolute atomic E-state index is 13.6. The molecule has 1 aromatic carbocycles. The van der Waals surface area contributed by atoms with Crippen molar-refractivity contribution in [1.82, 2.24) is 14.6 Å². The summed E-state index contributed by atoms with van der Waals surface area (Å²) in [6.07, 6.45) is -2.68. The molecule has 0 radical (unpaired) electrons. The number of aliphatic hydroxyl groups is 1. The fourth-order valence-electron chi connectivity index (χ4n) is 3.44. The molecule has 2 heterocycles. The van der Waals surface area contributed by atoms with Crippen LogP contribution >= 0.6 is 7.75 Å². The van der Waals surface area contributed by atoms with Crippen LogP contribution in [-0.2, 0) is 23.4 Å². The second-order valence-corrected chi connectivity index (χ2v) is 10.3. The van der Waals surface area contributed by atoms with Crippen molar-refractivity contribution in [3.05, 3.63) is 62.9 Å². The number of aromatic nitrogens is 2. The Morgan fingerprint density at radius 1 is 1.28 bits per heavy atom. The van der Waals surface area contributed by atoms with E-state index in [1.165, 1.54) is 20.0 Å². The first-order chi connectivity index (χ1) is 16.9. The van der Waals surface area contributed by atoms with Crippen molar-refractivity contribution in [2.75, 3.05) is 6.61 Å². The van der Waals surface area contributed by atoms with Crippen molar-refractivity contribution < 1.29 is 33.0 Å². The van der Waals surface area contributed by atoms with Gasteiger partial charge in [-0.25, -0.2) is 9.36 Å². The van der Waals surface area contributed by atoms with Crippen molar-refractivity contribution in [2.24, 2.45) is 5.73 Å². The molecule has 3 rings (SSSR count). The summed E-state index contributed by atoms with van der Waals surface area (Å²) >= 11 is 0. The predicted octanol–water partition coefficient (Wildman–Crippen LogP) is 0.564. The van der Waals surface area contributed by atoms with Crippen LogP contribution in [-0.4, -0.2) is 57.6 Å². The average molecular weight is 526 g/mol. The molecule has 0 bridgehead atoms. The maximum atomic E-state index is 13.6. The summed E-state index contributed by atoms with van der Waals surface area (Å²) in [4.78, 5) is 38.4. The molecular weight excluding hydrogens is 495 g/mol. The van der Waals surface area contributed by atoms with Crippen molar-refractivity contribution in [3.8, 4) is 5.75 Å². The number of esters is 1. The van der Waals surface area contributed by atoms with E-state index in [4.69, 9.17) is 24.3 Å². The molecule has 1 aliphatic heterocycles. The number of H-pyrrole nitrogens is 1. The fourth-order valence-corrected chi connectivity index (χ4v) is 4.94. The number of nitrogens with two attached hydrogens (primary N) is 1. The number of nitrogens with one attached hydrogen (secondary N) is 2. The van der Waals surface area contributed by atoms with Crippen LogP contribution < -0.4 is 26.6 Å². The molecule has 36 heavy (non-hydrogen) atoms. The van der Waals surface area contributed by atoms with Gasteiger partial charge in [-0.3, -0.25) is 23.7 Å². The molecule has 198 valence electrons. The van der Waals surface area contributed by atoms with Crippen LogP contribution in [0.15, 0.2) is 46.1 Å². The SMILES string of the molecule is Cc1cn([C@@H]2O[C@H](CO[P@@](=O)(N[C@H](C)C(=O)OC(C)C)Oc3ccccc3)[C@@H](O)[C@H]2N)c(=O)[nH]c1=O. The standard InChI is InChI=1S/C22H31N4O9P/c1-12(2)33-21(29)14(4)25-36(31,35-15-8-6-5-7-9-15)32-11-16-18(27)17(23)20(34-16)26-10-13(3)19(28)24-22(26)30/h5-10,12,14,16-18,20,27H,11,23H2,1-4H3,(H,25,31)(H,24,28,30)/t14-,16-,17-,18-,20-,36+/m1/s1. The lowest BCUT2D eigenvalue weighted by Crippen LogP contribution is -2.43. The van der Waals surface area contributed by atoms with Gasteiger partial charge >= 0.3 is 19.4 Å². The first-order valence-corrected chi connectivity index (χ1v) is 12.8. The average Bonchev–Trinajstić information content (AvgIpc) is 3.08. The quantitative estimate of drug-likeness (QED) is 0.251. The molecule has 14 heteroatoms. The summed E-state index contributed by atoms with van der Waals surface area (Å²) < 4.78 is 36.6. The second-order valence-electron chi connectivity index (χ2n) is 8.65. The van der Waals surface area contributed by atoms with Crippen molar-refractivity contribution in [2.45, 2.75) is 64.3 Å². The summed E-state index contributed by atoms with van der Waals surface area (Å²) in [7, 11) is -4.21. The molecule has 13 nitrogen and oxygen atoms in total. The van der Waals surface area contributed by atoms with E-state index in [0.29, 0.717) is 0 Å². The van der Waals surface area contributed by atoms with Crippen LogP contribution in [0, 0.1) is 6.92 Å². The number of ether oxygens (including phenoxy) is 2. The fraction of sp³-hybridized carbons (Fsp3) is 0.500. The van der Waals surface area contributed by atoms with Gasteiger partial charge in [0.2, 0.25) is 0 Å². The number of aryl methyl sites for hydroxylation is 1. The van der Waals surface area contributed by atoms with E-state index in [9.17, 15) is 24.1 Å². The number of carbonyl (C=O) groups is 1. The van der Waals surface area contributed by atoms with Gasteiger partial charge in [0.1, 0.15) is 24.0 Å². The molecule has 6 atom stereocenters. The third-order valence-electron chi connectivity index (χ3n) is 5.27. The molecule has 5 N–H and O–H groups in total. The van der Waals surface area contributed by atoms with Crippen molar-refractivity contribution >= 4 is 13.7 Å². The predicted molar refractivity (Wildman–Crippen MR) is 128 cm³/mol. The summed E-state index contributed by atoms with van der Waals surface area (Å²) in [5, 5.41) is 13.2. The lowest BCUT2D eigenvalue weighted by atomic mass is 10.1. The van der Waals surface area contributed by atoms with Crippen LogP contribution in [0.3, 0.4) is 0 Å². The van der Waals surface area contributed by atoms with E-state index in [1.54, 1.807) is 44.2 Å². The van der Waals surface area contributed by atoms with Crippen LogP contribution in [0.4, 0.5) is 0 Å². The van der Waals surface area contributed by atoms with Gasteiger partial charge in [0, 0.05) is 11.8 Å². The minimum Gasteiger partial charge on any atom is -0.462 e. The number of aliphatic hydroxyl groups excluding tert-OH is 1. The van der Waals surface area contributed by atoms with E-state index < -0.39 is 68.2 Å². The third-order valence-corrected chi connectivity index (χ3v) is 6.92. The highest BCUT2D eigenvalue weighted by molar-refractivity contribution is 7.52. The van der Waals surface area contributed by atoms with Crippen LogP contribution in [0.2, 0.25) is 0 Å². The highest BCUT2D eigenvalue weighted by Gasteiger charge is 2.45. The molecule has 0 spiro atoms. The maximum Gasteiger partial charge on any atom is 0.459 e. The largest absolute Gasteiger partial charge is 0.462 e. The smallest absolute Gasteiger partial charge is 0.459 e. The number of para-hydroxylation sites is 1. The van der Waals surface area contributed by atoms with Gasteiger partial charge in [-0.15, -0.1) is 0 Å². The molecule has 0 amide bonds. The Labute approximate surface area is 207 Å². The normalized spacial score (nSPS) is 24.3. The van der Waals surface area contributed by atoms with Gasteiger partial charge in [0.25, 0.3) is 5.56 Å². The number of aromatic amines is 1. The highest BCUT2D eigenvalue weighted by Crippen LogP contribution is 2.45. The van der Waals surface area contributed by atoms with Gasteiger partial charge in [-0.2, -0.15) is 5.09 Å². The molecule has 1 aliphatic rings. The van der Waals surface area contributed by atoms with Crippen LogP contribution in [0.5, 0.6) is 5.75 Å². The number of benzene rings is 1. The summed E-state index contributed by atoms with van der Waals surface area (Å²) in [6, 6.07) is 6.03. The zero-order valence-electron chi connectivity index (χ0n) is 20.3. The number of hydrogen-bond acceptors (Lipinski definition) is 10. The molecule has 2 aromatic rings. The molecular formula is C22H31N4O9P. The minimum absolute atomic E-state index is 0.204. The summed E-state index contributed by atoms with van der Waals surface area (Å²) in [5.74, 6) is -0.465. The van der Waals surface area contributed by atoms with Gasteiger partial charge in [0.05, 0.1) is 18.8 Å². The van der Waals surface area contributed by atoms with E-state index in [0.717, 1.165) is 4.57 Å². The molecule has 0 saturated carbocycles. The van der Waals surface area contributed by atoms with E-state index in [-0.39, 0.29) is 11.3 Å². The second kappa shape index (κ2) is 11.5. The highest BCUT2D eigenvalue weighted by atomic mass is 31.2. The Kier molecular flexibility index (Phi) is 8.88. The van der Waals surface area contributed by atoms with Gasteiger partial charge in [-0.1, -0.05) is 18.2 Å². The molecule has 1 fully saturated rings. The lowest BCUT2D eigenvalue weighted by Gasteiger charge is -2.25. The van der Waals surface area contributed by atoms with E-state index in [2.05, 4.69) is 10.1 Å². The lowest BCUT2D eigenvalue weighted by molar-refractivity contribution is -0.149. The minimum atomic E-state index is -4.21. The number of hydrogen-bond donors (Lipinski definition) is 4. The van der Waals surface area contributed by atoms with Crippen molar-refractivity contribution in [1.29, 1.82) is 0 Å². The Balaban J connectivity index is 1.77. The Morgan fingerprint density at radius 3 is 2.58 bits per heavy atom. The van der Waals surface area contributed by atoms with Crippen molar-refractivity contribution in [3.63, 3.8) is 0 Å². The topological polar surface area (TPSA) is 184 Å². The zero-order valence-corrected chi connectivity index (χ0v) is 21.2. The summed E-state index contributed by atoms with van der Waals surface area (Å²) in [5.41, 5.74) is 4.99. The molecule has 1 aromatic heterocycles. The Morgan fingerprint density at radius 2 is 1.94 bits per heavy atom.